The molecule has 62 heavy (non-hydrogen) atoms. The lowest BCUT2D eigenvalue weighted by Gasteiger charge is -2.25. The Hall–Kier alpha value is -7.02. The summed E-state index contributed by atoms with van der Waals surface area (Å²) in [5.74, 6) is 0.336. The van der Waals surface area contributed by atoms with Gasteiger partial charge < -0.3 is 0 Å². The first-order chi connectivity index (χ1) is 30.2. The highest BCUT2D eigenvalue weighted by atomic mass is 14.4. The summed E-state index contributed by atoms with van der Waals surface area (Å²) in [4.78, 5) is 0. The van der Waals surface area contributed by atoms with Gasteiger partial charge >= 0.3 is 0 Å². The standard InChI is InChI=1S/C62H46/c1-36-38-18-6-8-21-43(38)58-39(36)32-33-49-51(35-55-59(60(49)58)50-27-15-17-29-53(50)62(55,4)5)57-47-25-12-10-23-45(47)56(46-24-11-13-26-48(46)57)44-22-9-7-19-40(44)37-30-31-42-41-20-14-16-28-52(41)61(2,3)54(42)34-37/h6-36H,1-5H3. The predicted octanol–water partition coefficient (Wildman–Crippen LogP) is 16.9. The van der Waals surface area contributed by atoms with Crippen LogP contribution in [0.5, 0.6) is 0 Å². The third-order valence-electron chi connectivity index (χ3n) is 15.3. The van der Waals surface area contributed by atoms with Crippen molar-refractivity contribution < 1.29 is 0 Å². The van der Waals surface area contributed by atoms with Crippen molar-refractivity contribution in [2.75, 3.05) is 0 Å². The van der Waals surface area contributed by atoms with Gasteiger partial charge in [0, 0.05) is 16.7 Å². The number of rotatable bonds is 3. The number of fused-ring (bicyclic) bond motifs is 14. The van der Waals surface area contributed by atoms with Gasteiger partial charge in [0.05, 0.1) is 0 Å². The number of hydrogen-bond acceptors (Lipinski definition) is 0. The summed E-state index contributed by atoms with van der Waals surface area (Å²) >= 11 is 0. The van der Waals surface area contributed by atoms with Crippen molar-refractivity contribution in [1.82, 2.24) is 0 Å². The second kappa shape index (κ2) is 12.5. The molecule has 0 N–H and O–H groups in total. The van der Waals surface area contributed by atoms with Gasteiger partial charge in [0.1, 0.15) is 0 Å². The van der Waals surface area contributed by atoms with Crippen LogP contribution in [0, 0.1) is 0 Å². The molecule has 0 bridgehead atoms. The molecule has 0 heteroatoms. The molecule has 0 nitrogen and oxygen atoms in total. The molecule has 0 spiro atoms. The Morgan fingerprint density at radius 1 is 0.306 bits per heavy atom. The molecule has 294 valence electrons. The van der Waals surface area contributed by atoms with Crippen molar-refractivity contribution >= 4 is 32.3 Å². The molecule has 3 aliphatic rings. The van der Waals surface area contributed by atoms with Gasteiger partial charge in [-0.2, -0.15) is 0 Å². The van der Waals surface area contributed by atoms with E-state index in [4.69, 9.17) is 0 Å². The zero-order valence-corrected chi connectivity index (χ0v) is 35.9. The molecule has 0 amide bonds. The first-order valence-electron chi connectivity index (χ1n) is 22.3. The van der Waals surface area contributed by atoms with Crippen LogP contribution in [0.3, 0.4) is 0 Å². The van der Waals surface area contributed by atoms with E-state index in [0.717, 1.165) is 0 Å². The van der Waals surface area contributed by atoms with Crippen LogP contribution in [0.15, 0.2) is 182 Å². The summed E-state index contributed by atoms with van der Waals surface area (Å²) in [6.07, 6.45) is 0. The quantitative estimate of drug-likeness (QED) is 0.156. The van der Waals surface area contributed by atoms with Crippen molar-refractivity contribution in [2.45, 2.75) is 51.4 Å². The maximum atomic E-state index is 2.58. The topological polar surface area (TPSA) is 0 Å². The molecule has 0 aliphatic heterocycles. The smallest absolute Gasteiger partial charge is 0.0159 e. The molecule has 0 aromatic heterocycles. The molecule has 10 aromatic rings. The lowest BCUT2D eigenvalue weighted by atomic mass is 9.77. The molecular weight excluding hydrogens is 745 g/mol. The van der Waals surface area contributed by atoms with Crippen molar-refractivity contribution in [2.24, 2.45) is 0 Å². The Morgan fingerprint density at radius 3 is 1.48 bits per heavy atom. The fourth-order valence-electron chi connectivity index (χ4n) is 12.4. The van der Waals surface area contributed by atoms with Crippen LogP contribution in [-0.2, 0) is 10.8 Å². The van der Waals surface area contributed by atoms with Gasteiger partial charge in [0.15, 0.2) is 0 Å². The fraction of sp³-hybridized carbons (Fsp3) is 0.129. The van der Waals surface area contributed by atoms with Gasteiger partial charge in [-0.3, -0.25) is 0 Å². The highest BCUT2D eigenvalue weighted by molar-refractivity contribution is 6.26. The summed E-state index contributed by atoms with van der Waals surface area (Å²) in [6.45, 7) is 12.0. The average molecular weight is 791 g/mol. The summed E-state index contributed by atoms with van der Waals surface area (Å²) in [5, 5.41) is 7.84. The van der Waals surface area contributed by atoms with Crippen molar-refractivity contribution in [3.63, 3.8) is 0 Å². The van der Waals surface area contributed by atoms with E-state index in [1.54, 1.807) is 0 Å². The maximum absolute atomic E-state index is 2.58. The van der Waals surface area contributed by atoms with Crippen LogP contribution >= 0.6 is 0 Å². The van der Waals surface area contributed by atoms with Crippen LogP contribution in [0.1, 0.15) is 73.9 Å². The monoisotopic (exact) mass is 790 g/mol. The van der Waals surface area contributed by atoms with Gasteiger partial charge in [-0.05, 0) is 145 Å². The first kappa shape index (κ1) is 35.7. The number of hydrogen-bond donors (Lipinski definition) is 0. The second-order valence-corrected chi connectivity index (χ2v) is 19.1. The molecule has 0 heterocycles. The molecule has 1 atom stereocenters. The summed E-state index contributed by atoms with van der Waals surface area (Å²) in [5.41, 5.74) is 24.2. The largest absolute Gasteiger partial charge is 0.0619 e. The maximum Gasteiger partial charge on any atom is 0.0159 e. The molecule has 10 aromatic carbocycles. The highest BCUT2D eigenvalue weighted by Crippen LogP contribution is 2.59. The van der Waals surface area contributed by atoms with E-state index in [2.05, 4.69) is 217 Å². The lowest BCUT2D eigenvalue weighted by molar-refractivity contribution is 0.660. The Morgan fingerprint density at radius 2 is 0.806 bits per heavy atom. The molecule has 0 fully saturated rings. The van der Waals surface area contributed by atoms with E-state index in [1.165, 1.54) is 132 Å². The Labute approximate surface area is 364 Å². The fourth-order valence-corrected chi connectivity index (χ4v) is 12.4. The van der Waals surface area contributed by atoms with Crippen LogP contribution in [-0.4, -0.2) is 0 Å². The molecule has 0 saturated heterocycles. The third kappa shape index (κ3) is 4.57. The van der Waals surface area contributed by atoms with E-state index in [9.17, 15) is 0 Å². The van der Waals surface area contributed by atoms with Gasteiger partial charge in [0.25, 0.3) is 0 Å². The first-order valence-corrected chi connectivity index (χ1v) is 22.3. The van der Waals surface area contributed by atoms with Gasteiger partial charge in [-0.25, -0.2) is 0 Å². The van der Waals surface area contributed by atoms with Crippen molar-refractivity contribution in [3.05, 3.63) is 215 Å². The van der Waals surface area contributed by atoms with Crippen molar-refractivity contribution in [1.29, 1.82) is 0 Å². The summed E-state index contributed by atoms with van der Waals surface area (Å²) in [6, 6.07) is 69.4. The molecule has 3 aliphatic carbocycles. The van der Waals surface area contributed by atoms with Crippen LogP contribution in [0.2, 0.25) is 0 Å². The van der Waals surface area contributed by atoms with Gasteiger partial charge in [0.2, 0.25) is 0 Å². The average Bonchev–Trinajstić information content (AvgIpc) is 3.83. The molecule has 0 saturated carbocycles. The van der Waals surface area contributed by atoms with Crippen LogP contribution in [0.4, 0.5) is 0 Å². The predicted molar refractivity (Wildman–Crippen MR) is 263 cm³/mol. The van der Waals surface area contributed by atoms with E-state index in [1.807, 2.05) is 0 Å². The minimum absolute atomic E-state index is 0.0767. The zero-order valence-electron chi connectivity index (χ0n) is 35.9. The molecule has 0 radical (unpaired) electrons. The van der Waals surface area contributed by atoms with Gasteiger partial charge in [-0.1, -0.05) is 204 Å². The zero-order chi connectivity index (χ0) is 41.6. The highest BCUT2D eigenvalue weighted by Gasteiger charge is 2.40. The van der Waals surface area contributed by atoms with E-state index in [0.29, 0.717) is 5.92 Å². The van der Waals surface area contributed by atoms with Crippen LogP contribution < -0.4 is 0 Å². The molecular formula is C62H46. The molecule has 13 rings (SSSR count). The van der Waals surface area contributed by atoms with E-state index in [-0.39, 0.29) is 10.8 Å². The minimum Gasteiger partial charge on any atom is -0.0619 e. The van der Waals surface area contributed by atoms with Crippen molar-refractivity contribution in [3.8, 4) is 66.8 Å². The normalized spacial score (nSPS) is 15.9. The Balaban J connectivity index is 1.12. The Kier molecular flexibility index (Phi) is 7.21. The molecule has 1 unspecified atom stereocenters. The SMILES string of the molecule is CC1c2ccccc2-c2c1ccc1c(-c3c4ccccc4c(-c4ccccc4-c4ccc5c(c4)C(C)(C)c4ccccc4-5)c4ccccc34)cc3c(c21)-c1ccccc1C3(C)C. The van der Waals surface area contributed by atoms with Gasteiger partial charge in [-0.15, -0.1) is 0 Å². The van der Waals surface area contributed by atoms with Crippen LogP contribution in [0.25, 0.3) is 99.1 Å². The van der Waals surface area contributed by atoms with E-state index >= 15 is 0 Å². The minimum atomic E-state index is -0.169. The number of benzene rings is 10. The lowest BCUT2D eigenvalue weighted by Crippen LogP contribution is -2.15. The van der Waals surface area contributed by atoms with E-state index < -0.39 is 0 Å². The Bertz CT molecular complexity index is 3530. The second-order valence-electron chi connectivity index (χ2n) is 19.1. The third-order valence-corrected chi connectivity index (χ3v) is 15.3. The summed E-state index contributed by atoms with van der Waals surface area (Å²) in [7, 11) is 0. The summed E-state index contributed by atoms with van der Waals surface area (Å²) < 4.78 is 0.